The third-order valence-corrected chi connectivity index (χ3v) is 15.5. The van der Waals surface area contributed by atoms with Crippen molar-refractivity contribution in [1.29, 1.82) is 0 Å². The zero-order chi connectivity index (χ0) is 34.5. The van der Waals surface area contributed by atoms with Gasteiger partial charge in [-0.3, -0.25) is 0 Å². The van der Waals surface area contributed by atoms with Gasteiger partial charge in [0, 0.05) is 32.6 Å². The van der Waals surface area contributed by atoms with Crippen molar-refractivity contribution in [3.63, 3.8) is 0 Å². The van der Waals surface area contributed by atoms with E-state index >= 15 is 0 Å². The Morgan fingerprint density at radius 2 is 0.942 bits per heavy atom. The molecule has 1 aromatic heterocycles. The fraction of sp³-hybridized carbons (Fsp3) is 0. The lowest BCUT2D eigenvalue weighted by molar-refractivity contribution is 1.19. The van der Waals surface area contributed by atoms with Gasteiger partial charge in [0.05, 0.1) is 5.52 Å². The zero-order valence-corrected chi connectivity index (χ0v) is 29.5. The number of aromatic nitrogens is 1. The average Bonchev–Trinajstić information content (AvgIpc) is 3.58. The number of benzene rings is 8. The highest BCUT2D eigenvalue weighted by Gasteiger charge is 2.41. The van der Waals surface area contributed by atoms with Gasteiger partial charge >= 0.3 is 0 Å². The minimum absolute atomic E-state index is 1.04. The van der Waals surface area contributed by atoms with E-state index in [1.165, 1.54) is 64.3 Å². The maximum absolute atomic E-state index is 3.60. The molecule has 0 amide bonds. The minimum Gasteiger partial charge on any atom is -0.301 e. The molecule has 10 aromatic rings. The Labute approximate surface area is 304 Å². The summed E-state index contributed by atoms with van der Waals surface area (Å²) in [4.78, 5) is 0. The molecule has 0 aliphatic heterocycles. The smallest absolute Gasteiger partial charge is 0.179 e. The maximum Gasteiger partial charge on any atom is 0.179 e. The van der Waals surface area contributed by atoms with E-state index in [1.807, 2.05) is 0 Å². The first-order chi connectivity index (χ1) is 25.8. The maximum atomic E-state index is 3.60. The Bertz CT molecular complexity index is 2790. The van der Waals surface area contributed by atoms with E-state index in [1.54, 1.807) is 0 Å². The summed E-state index contributed by atoms with van der Waals surface area (Å²) < 4.78 is 2.40. The molecular formula is C50H33NSi. The Hall–Kier alpha value is -6.66. The first kappa shape index (κ1) is 30.2. The second kappa shape index (κ2) is 12.3. The van der Waals surface area contributed by atoms with Crippen LogP contribution in [0.3, 0.4) is 0 Å². The molecule has 242 valence electrons. The van der Waals surface area contributed by atoms with Crippen LogP contribution in [0.1, 0.15) is 0 Å². The summed E-state index contributed by atoms with van der Waals surface area (Å²) in [5.41, 5.74) is 5.72. The molecule has 0 spiro atoms. The van der Waals surface area contributed by atoms with Gasteiger partial charge in [-0.05, 0) is 61.5 Å². The topological polar surface area (TPSA) is 4.93 Å². The lowest BCUT2D eigenvalue weighted by atomic mass is 10.0. The van der Waals surface area contributed by atoms with Gasteiger partial charge in [0.1, 0.15) is 5.52 Å². The Balaban J connectivity index is 1.22. The summed E-state index contributed by atoms with van der Waals surface area (Å²) in [6, 6.07) is 80.6. The number of rotatable bonds is 6. The molecule has 0 aliphatic rings. The Morgan fingerprint density at radius 3 is 1.63 bits per heavy atom. The zero-order valence-electron chi connectivity index (χ0n) is 28.5. The van der Waals surface area contributed by atoms with E-state index in [0.717, 1.165) is 16.6 Å². The molecule has 52 heavy (non-hydrogen) atoms. The summed E-state index contributed by atoms with van der Waals surface area (Å²) in [5.74, 6) is 0. The summed E-state index contributed by atoms with van der Waals surface area (Å²) in [7, 11) is -2.67. The molecule has 1 heterocycles. The van der Waals surface area contributed by atoms with Crippen molar-refractivity contribution in [3.8, 4) is 16.8 Å². The highest BCUT2D eigenvalue weighted by molar-refractivity contribution is 7.19. The van der Waals surface area contributed by atoms with E-state index in [0.29, 0.717) is 0 Å². The average molecular weight is 676 g/mol. The summed E-state index contributed by atoms with van der Waals surface area (Å²) in [6.45, 7) is 0. The fourth-order valence-corrected chi connectivity index (χ4v) is 13.3. The van der Waals surface area contributed by atoms with Gasteiger partial charge in [0.25, 0.3) is 0 Å². The summed E-state index contributed by atoms with van der Waals surface area (Å²) in [6.07, 6.45) is 0. The highest BCUT2D eigenvalue weighted by atomic mass is 28.3. The fourth-order valence-electron chi connectivity index (χ4n) is 8.46. The van der Waals surface area contributed by atoms with Crippen molar-refractivity contribution in [2.45, 2.75) is 0 Å². The first-order valence-electron chi connectivity index (χ1n) is 17.9. The van der Waals surface area contributed by atoms with Gasteiger partial charge in [0.15, 0.2) is 8.07 Å². The standard InChI is InChI=1S/C50H33NSi/c1-4-21-41(22-5-1)52(42-23-6-2-7-24-42,43-25-8-3-9-26-43)44-27-15-19-39(35-44)38-18-14-20-40(34-38)51-48-33-31-36-16-10-12-28-45(36)49(48)47-32-30-37-17-11-13-29-46(37)50(47)51/h1-30,32,34-35H. The monoisotopic (exact) mass is 675 g/mol. The van der Waals surface area contributed by atoms with Crippen LogP contribution in [0.25, 0.3) is 60.2 Å². The van der Waals surface area contributed by atoms with Crippen molar-refractivity contribution >= 4 is 72.2 Å². The van der Waals surface area contributed by atoms with Crippen LogP contribution in [0.5, 0.6) is 0 Å². The predicted molar refractivity (Wildman–Crippen MR) is 223 cm³/mol. The van der Waals surface area contributed by atoms with Gasteiger partial charge in [0.2, 0.25) is 0 Å². The van der Waals surface area contributed by atoms with E-state index < -0.39 is 8.07 Å². The van der Waals surface area contributed by atoms with E-state index in [9.17, 15) is 0 Å². The molecule has 0 bridgehead atoms. The quantitative estimate of drug-likeness (QED) is 0.122. The van der Waals surface area contributed by atoms with Gasteiger partial charge in [-0.25, -0.2) is 0 Å². The largest absolute Gasteiger partial charge is 0.301 e. The summed E-state index contributed by atoms with van der Waals surface area (Å²) >= 11 is 0. The van der Waals surface area contributed by atoms with Crippen LogP contribution in [0.2, 0.25) is 0 Å². The number of fused-ring (bicyclic) bond motifs is 7. The van der Waals surface area contributed by atoms with E-state index in [4.69, 9.17) is 0 Å². The summed E-state index contributed by atoms with van der Waals surface area (Å²) in [5, 5.41) is 12.6. The second-order valence-electron chi connectivity index (χ2n) is 13.5. The van der Waals surface area contributed by atoms with Gasteiger partial charge in [-0.1, -0.05) is 188 Å². The molecule has 0 unspecified atom stereocenters. The molecule has 0 saturated heterocycles. The lowest BCUT2D eigenvalue weighted by Crippen LogP contribution is -2.74. The lowest BCUT2D eigenvalue weighted by Gasteiger charge is -2.34. The van der Waals surface area contributed by atoms with Crippen LogP contribution in [0, 0.1) is 12.1 Å². The molecule has 2 heteroatoms. The predicted octanol–water partition coefficient (Wildman–Crippen LogP) is 9.73. The Morgan fingerprint density at radius 1 is 0.385 bits per heavy atom. The highest BCUT2D eigenvalue weighted by Crippen LogP contribution is 2.39. The minimum atomic E-state index is -2.67. The van der Waals surface area contributed by atoms with Gasteiger partial charge in [-0.2, -0.15) is 0 Å². The van der Waals surface area contributed by atoms with Crippen molar-refractivity contribution in [2.75, 3.05) is 0 Å². The molecule has 0 atom stereocenters. The second-order valence-corrected chi connectivity index (χ2v) is 17.3. The molecule has 0 N–H and O–H groups in total. The van der Waals surface area contributed by atoms with Crippen LogP contribution in [0.4, 0.5) is 0 Å². The van der Waals surface area contributed by atoms with Crippen LogP contribution in [-0.4, -0.2) is 12.6 Å². The van der Waals surface area contributed by atoms with Crippen LogP contribution in [0.15, 0.2) is 200 Å². The molecule has 0 radical (unpaired) electrons. The number of hydrogen-bond donors (Lipinski definition) is 0. The Kier molecular flexibility index (Phi) is 7.13. The molecule has 1 nitrogen and oxygen atoms in total. The van der Waals surface area contributed by atoms with Crippen LogP contribution in [-0.2, 0) is 0 Å². The molecule has 10 rings (SSSR count). The third kappa shape index (κ3) is 4.64. The van der Waals surface area contributed by atoms with E-state index in [2.05, 4.69) is 217 Å². The van der Waals surface area contributed by atoms with Crippen molar-refractivity contribution in [2.24, 2.45) is 0 Å². The molecule has 0 saturated carbocycles. The first-order valence-corrected chi connectivity index (χ1v) is 19.9. The van der Waals surface area contributed by atoms with Gasteiger partial charge < -0.3 is 4.57 Å². The van der Waals surface area contributed by atoms with Crippen molar-refractivity contribution < 1.29 is 0 Å². The van der Waals surface area contributed by atoms with Crippen LogP contribution >= 0.6 is 0 Å². The number of nitrogens with zero attached hydrogens (tertiary/aromatic N) is 1. The molecule has 9 aromatic carbocycles. The number of hydrogen-bond acceptors (Lipinski definition) is 0. The van der Waals surface area contributed by atoms with Crippen molar-refractivity contribution in [1.82, 2.24) is 4.57 Å². The molecule has 0 aliphatic carbocycles. The third-order valence-electron chi connectivity index (χ3n) is 10.7. The SMILES string of the molecule is c1c2ccccc2c2c3ccc4ccccc4c3n(-c3cccc(-c4cccc([Si](c5ccccc5)(c5ccccc5)c5ccccc5)c4)c3)c2c#1. The molecule has 0 fully saturated rings. The normalized spacial score (nSPS) is 11.7. The van der Waals surface area contributed by atoms with E-state index in [-0.39, 0.29) is 0 Å². The van der Waals surface area contributed by atoms with Gasteiger partial charge in [-0.15, -0.1) is 0 Å². The molecular weight excluding hydrogens is 643 g/mol. The van der Waals surface area contributed by atoms with Crippen LogP contribution < -0.4 is 20.7 Å². The van der Waals surface area contributed by atoms with Crippen molar-refractivity contribution in [3.05, 3.63) is 212 Å².